The van der Waals surface area contributed by atoms with Crippen LogP contribution in [0.25, 0.3) is 16.7 Å². The van der Waals surface area contributed by atoms with Gasteiger partial charge in [0, 0.05) is 23.2 Å². The molecule has 0 aliphatic heterocycles. The second-order valence-corrected chi connectivity index (χ2v) is 5.12. The van der Waals surface area contributed by atoms with Gasteiger partial charge in [-0.15, -0.1) is 0 Å². The van der Waals surface area contributed by atoms with Crippen LogP contribution in [0, 0.1) is 0 Å². The summed E-state index contributed by atoms with van der Waals surface area (Å²) in [6, 6.07) is 7.13. The van der Waals surface area contributed by atoms with E-state index in [9.17, 15) is 4.79 Å². The van der Waals surface area contributed by atoms with Crippen molar-refractivity contribution in [3.8, 4) is 5.69 Å². The fraction of sp³-hybridized carbons (Fsp3) is 0.200. The van der Waals surface area contributed by atoms with Gasteiger partial charge in [0.15, 0.2) is 0 Å². The fourth-order valence-corrected chi connectivity index (χ4v) is 2.37. The van der Waals surface area contributed by atoms with Crippen molar-refractivity contribution >= 4 is 16.9 Å². The Morgan fingerprint density at radius 2 is 2.20 bits per heavy atom. The summed E-state index contributed by atoms with van der Waals surface area (Å²) in [6.45, 7) is 0. The van der Waals surface area contributed by atoms with Crippen LogP contribution in [-0.2, 0) is 0 Å². The molecule has 4 rings (SSSR count). The number of aromatic nitrogens is 2. The molecule has 1 N–H and O–H groups in total. The maximum atomic E-state index is 10.9. The molecule has 5 nitrogen and oxygen atoms in total. The number of aromatic carboxylic acids is 1. The lowest BCUT2D eigenvalue weighted by Crippen LogP contribution is -1.91. The Morgan fingerprint density at radius 3 is 2.95 bits per heavy atom. The molecule has 0 radical (unpaired) electrons. The van der Waals surface area contributed by atoms with E-state index in [4.69, 9.17) is 9.52 Å². The molecule has 3 aromatic rings. The van der Waals surface area contributed by atoms with E-state index in [0.29, 0.717) is 11.5 Å². The van der Waals surface area contributed by atoms with Gasteiger partial charge < -0.3 is 14.1 Å². The van der Waals surface area contributed by atoms with Crippen LogP contribution in [0.5, 0.6) is 0 Å². The van der Waals surface area contributed by atoms with Crippen molar-refractivity contribution in [2.24, 2.45) is 0 Å². The first-order valence-electron chi connectivity index (χ1n) is 6.52. The number of imidazole rings is 1. The first kappa shape index (κ1) is 11.3. The SMILES string of the molecule is O=C(O)c1cc2cc(-n3cnc(C4CC4)c3)ccc2o1. The minimum Gasteiger partial charge on any atom is -0.475 e. The van der Waals surface area contributed by atoms with Crippen molar-refractivity contribution in [3.63, 3.8) is 0 Å². The van der Waals surface area contributed by atoms with E-state index in [1.54, 1.807) is 18.5 Å². The highest BCUT2D eigenvalue weighted by Gasteiger charge is 2.25. The van der Waals surface area contributed by atoms with Crippen molar-refractivity contribution in [3.05, 3.63) is 48.2 Å². The third-order valence-corrected chi connectivity index (χ3v) is 3.61. The maximum Gasteiger partial charge on any atom is 0.371 e. The maximum absolute atomic E-state index is 10.9. The Morgan fingerprint density at radius 1 is 1.35 bits per heavy atom. The van der Waals surface area contributed by atoms with Crippen molar-refractivity contribution in [2.45, 2.75) is 18.8 Å². The lowest BCUT2D eigenvalue weighted by molar-refractivity contribution is 0.0665. The summed E-state index contributed by atoms with van der Waals surface area (Å²) in [7, 11) is 0. The van der Waals surface area contributed by atoms with Gasteiger partial charge in [-0.2, -0.15) is 0 Å². The van der Waals surface area contributed by atoms with Gasteiger partial charge in [-0.25, -0.2) is 9.78 Å². The minimum atomic E-state index is -1.05. The molecule has 0 saturated heterocycles. The zero-order valence-electron chi connectivity index (χ0n) is 10.6. The smallest absolute Gasteiger partial charge is 0.371 e. The Bertz CT molecular complexity index is 812. The number of rotatable bonds is 3. The molecule has 1 aliphatic rings. The number of hydrogen-bond donors (Lipinski definition) is 1. The minimum absolute atomic E-state index is 0.0403. The average Bonchev–Trinajstić information content (AvgIpc) is 3.03. The zero-order valence-corrected chi connectivity index (χ0v) is 10.6. The first-order chi connectivity index (χ1) is 9.70. The molecule has 0 bridgehead atoms. The van der Waals surface area contributed by atoms with E-state index in [1.165, 1.54) is 12.8 Å². The molecular formula is C15H12N2O3. The van der Waals surface area contributed by atoms with Gasteiger partial charge in [0.05, 0.1) is 12.0 Å². The van der Waals surface area contributed by atoms with Gasteiger partial charge in [0.2, 0.25) is 5.76 Å². The van der Waals surface area contributed by atoms with Gasteiger partial charge in [0.1, 0.15) is 5.58 Å². The first-order valence-corrected chi connectivity index (χ1v) is 6.52. The van der Waals surface area contributed by atoms with Crippen LogP contribution < -0.4 is 0 Å². The summed E-state index contributed by atoms with van der Waals surface area (Å²) in [5.41, 5.74) is 2.66. The van der Waals surface area contributed by atoms with Gasteiger partial charge in [0.25, 0.3) is 0 Å². The summed E-state index contributed by atoms with van der Waals surface area (Å²) in [5, 5.41) is 9.71. The Kier molecular flexibility index (Phi) is 2.24. The molecule has 2 heterocycles. The molecule has 2 aromatic heterocycles. The molecule has 1 aliphatic carbocycles. The molecule has 20 heavy (non-hydrogen) atoms. The third kappa shape index (κ3) is 1.79. The topological polar surface area (TPSA) is 68.3 Å². The molecule has 0 amide bonds. The monoisotopic (exact) mass is 268 g/mol. The Balaban J connectivity index is 1.76. The number of benzene rings is 1. The van der Waals surface area contributed by atoms with Gasteiger partial charge in [-0.05, 0) is 37.1 Å². The summed E-state index contributed by atoms with van der Waals surface area (Å²) in [5.74, 6) is -0.477. The van der Waals surface area contributed by atoms with E-state index in [1.807, 2.05) is 22.9 Å². The van der Waals surface area contributed by atoms with Crippen LogP contribution in [0.4, 0.5) is 0 Å². The highest BCUT2D eigenvalue weighted by atomic mass is 16.4. The van der Waals surface area contributed by atoms with Crippen molar-refractivity contribution in [1.29, 1.82) is 0 Å². The molecule has 0 unspecified atom stereocenters. The summed E-state index contributed by atoms with van der Waals surface area (Å²) < 4.78 is 7.21. The standard InChI is InChI=1S/C15H12N2O3/c18-15(19)14-6-10-5-11(3-4-13(10)20-14)17-7-12(16-8-17)9-1-2-9/h3-9H,1-2H2,(H,18,19). The third-order valence-electron chi connectivity index (χ3n) is 3.61. The van der Waals surface area contributed by atoms with Crippen LogP contribution in [-0.4, -0.2) is 20.6 Å². The van der Waals surface area contributed by atoms with Crippen LogP contribution >= 0.6 is 0 Å². The lowest BCUT2D eigenvalue weighted by Gasteiger charge is -2.00. The van der Waals surface area contributed by atoms with Gasteiger partial charge in [-0.1, -0.05) is 0 Å². The largest absolute Gasteiger partial charge is 0.475 e. The van der Waals surface area contributed by atoms with Gasteiger partial charge in [-0.3, -0.25) is 0 Å². The highest BCUT2D eigenvalue weighted by molar-refractivity contribution is 5.92. The molecule has 0 atom stereocenters. The van der Waals surface area contributed by atoms with E-state index < -0.39 is 5.97 Å². The Hall–Kier alpha value is -2.56. The van der Waals surface area contributed by atoms with Gasteiger partial charge >= 0.3 is 5.97 Å². The Labute approximate surface area is 114 Å². The quantitative estimate of drug-likeness (QED) is 0.792. The summed E-state index contributed by atoms with van der Waals surface area (Å²) in [4.78, 5) is 15.3. The summed E-state index contributed by atoms with van der Waals surface area (Å²) in [6.07, 6.45) is 6.28. The molecular weight excluding hydrogens is 256 g/mol. The van der Waals surface area contributed by atoms with Crippen LogP contribution in [0.1, 0.15) is 35.0 Å². The number of carboxylic acids is 1. The second kappa shape index (κ2) is 3.96. The number of fused-ring (bicyclic) bond motifs is 1. The molecule has 1 fully saturated rings. The molecule has 0 spiro atoms. The predicted molar refractivity (Wildman–Crippen MR) is 72.3 cm³/mol. The average molecular weight is 268 g/mol. The molecule has 1 aromatic carbocycles. The number of carbonyl (C=O) groups is 1. The van der Waals surface area contributed by atoms with Crippen molar-refractivity contribution in [2.75, 3.05) is 0 Å². The van der Waals surface area contributed by atoms with E-state index in [2.05, 4.69) is 4.98 Å². The second-order valence-electron chi connectivity index (χ2n) is 5.12. The van der Waals surface area contributed by atoms with E-state index >= 15 is 0 Å². The molecule has 100 valence electrons. The highest BCUT2D eigenvalue weighted by Crippen LogP contribution is 2.39. The number of furan rings is 1. The summed E-state index contributed by atoms with van der Waals surface area (Å²) >= 11 is 0. The van der Waals surface area contributed by atoms with Crippen LogP contribution in [0.2, 0.25) is 0 Å². The van der Waals surface area contributed by atoms with Crippen LogP contribution in [0.15, 0.2) is 41.2 Å². The van der Waals surface area contributed by atoms with E-state index in [0.717, 1.165) is 16.8 Å². The molecule has 5 heteroatoms. The number of carboxylic acid groups (broad SMARTS) is 1. The van der Waals surface area contributed by atoms with Crippen molar-refractivity contribution in [1.82, 2.24) is 9.55 Å². The number of hydrogen-bond acceptors (Lipinski definition) is 3. The predicted octanol–water partition coefficient (Wildman–Crippen LogP) is 3.19. The zero-order chi connectivity index (χ0) is 13.7. The normalized spacial score (nSPS) is 14.8. The molecule has 1 saturated carbocycles. The lowest BCUT2D eigenvalue weighted by atomic mass is 10.2. The van der Waals surface area contributed by atoms with E-state index in [-0.39, 0.29) is 5.76 Å². The van der Waals surface area contributed by atoms with Crippen LogP contribution in [0.3, 0.4) is 0 Å². The number of nitrogens with zero attached hydrogens (tertiary/aromatic N) is 2. The van der Waals surface area contributed by atoms with Crippen molar-refractivity contribution < 1.29 is 14.3 Å². The fourth-order valence-electron chi connectivity index (χ4n) is 2.37.